The normalized spacial score (nSPS) is 37.3. The maximum absolute atomic E-state index is 12.6. The van der Waals surface area contributed by atoms with E-state index in [9.17, 15) is 9.90 Å². The molecule has 1 aliphatic heterocycles. The van der Waals surface area contributed by atoms with E-state index in [-0.39, 0.29) is 17.7 Å². The van der Waals surface area contributed by atoms with Crippen molar-refractivity contribution in [2.75, 3.05) is 13.6 Å². The molecule has 0 radical (unpaired) electrons. The second-order valence-electron chi connectivity index (χ2n) is 5.92. The number of Topliss-reactive ketones (excluding diaryl/α,β-unsaturated/α-hetero) is 1. The van der Waals surface area contributed by atoms with Gasteiger partial charge in [0.25, 0.3) is 0 Å². The number of rotatable bonds is 3. The highest BCUT2D eigenvalue weighted by Gasteiger charge is 2.44. The van der Waals surface area contributed by atoms with E-state index in [2.05, 4.69) is 11.9 Å². The fraction of sp³-hybridized carbons (Fsp3) is 0.867. The second-order valence-corrected chi connectivity index (χ2v) is 5.92. The van der Waals surface area contributed by atoms with Crippen molar-refractivity contribution in [3.05, 3.63) is 0 Å². The van der Waals surface area contributed by atoms with Crippen LogP contribution in [-0.4, -0.2) is 42.3 Å². The van der Waals surface area contributed by atoms with Crippen LogP contribution in [0.1, 0.15) is 46.0 Å². The van der Waals surface area contributed by atoms with Crippen molar-refractivity contribution in [2.45, 2.75) is 58.2 Å². The van der Waals surface area contributed by atoms with E-state index >= 15 is 0 Å². The first kappa shape index (κ1) is 14.7. The van der Waals surface area contributed by atoms with E-state index in [1.54, 1.807) is 0 Å². The van der Waals surface area contributed by atoms with E-state index in [0.29, 0.717) is 6.54 Å². The van der Waals surface area contributed by atoms with Gasteiger partial charge in [0.05, 0.1) is 5.92 Å². The predicted octanol–water partition coefficient (Wildman–Crippen LogP) is 1.23. The zero-order valence-electron chi connectivity index (χ0n) is 12.3. The minimum absolute atomic E-state index is 0.0562. The van der Waals surface area contributed by atoms with Crippen LogP contribution in [0.5, 0.6) is 0 Å². The quantitative estimate of drug-likeness (QED) is 0.721. The topological polar surface area (TPSA) is 55.7 Å². The van der Waals surface area contributed by atoms with Gasteiger partial charge in [-0.05, 0) is 33.2 Å². The number of carbonyl (C=O) groups excluding carboxylic acids is 1. The average molecular weight is 265 g/mol. The number of piperidine rings is 1. The second kappa shape index (κ2) is 6.14. The van der Waals surface area contributed by atoms with Gasteiger partial charge in [0.1, 0.15) is 5.78 Å². The summed E-state index contributed by atoms with van der Waals surface area (Å²) in [6.45, 7) is 4.61. The summed E-state index contributed by atoms with van der Waals surface area (Å²) in [5.41, 5.74) is 0.739. The molecule has 0 bridgehead atoms. The molecule has 0 N–H and O–H groups in total. The number of aliphatic imine (C=N–C) groups is 1. The van der Waals surface area contributed by atoms with Gasteiger partial charge in [-0.3, -0.25) is 9.79 Å². The van der Waals surface area contributed by atoms with Crippen LogP contribution in [0.25, 0.3) is 0 Å². The van der Waals surface area contributed by atoms with Crippen molar-refractivity contribution in [2.24, 2.45) is 16.8 Å². The molecule has 0 aromatic carbocycles. The molecular weight excluding hydrogens is 240 g/mol. The monoisotopic (exact) mass is 265 g/mol. The number of hydrogen-bond acceptors (Lipinski definition) is 4. The van der Waals surface area contributed by atoms with Crippen LogP contribution in [0.15, 0.2) is 4.99 Å². The van der Waals surface area contributed by atoms with Crippen molar-refractivity contribution in [1.82, 2.24) is 4.90 Å². The van der Waals surface area contributed by atoms with Crippen molar-refractivity contribution < 1.29 is 9.90 Å². The molecule has 1 aliphatic carbocycles. The van der Waals surface area contributed by atoms with Gasteiger partial charge >= 0.3 is 0 Å². The Morgan fingerprint density at radius 1 is 1.42 bits per heavy atom. The molecular formula is C15H25N2O2-. The lowest BCUT2D eigenvalue weighted by Crippen LogP contribution is -2.65. The number of likely N-dealkylation sites (tertiary alicyclic amines) is 1. The Hall–Kier alpha value is -0.740. The fourth-order valence-electron chi connectivity index (χ4n) is 3.52. The Bertz CT molecular complexity index is 367. The van der Waals surface area contributed by atoms with Gasteiger partial charge in [-0.25, -0.2) is 0 Å². The van der Waals surface area contributed by atoms with Gasteiger partial charge < -0.3 is 10.0 Å². The van der Waals surface area contributed by atoms with E-state index in [0.717, 1.165) is 37.8 Å². The van der Waals surface area contributed by atoms with Crippen LogP contribution in [-0.2, 0) is 4.79 Å². The van der Waals surface area contributed by atoms with Crippen molar-refractivity contribution in [1.29, 1.82) is 0 Å². The minimum Gasteiger partial charge on any atom is -0.840 e. The van der Waals surface area contributed by atoms with Crippen LogP contribution in [0.3, 0.4) is 0 Å². The summed E-state index contributed by atoms with van der Waals surface area (Å²) >= 11 is 0. The van der Waals surface area contributed by atoms with Crippen LogP contribution in [0.4, 0.5) is 0 Å². The molecule has 4 unspecified atom stereocenters. The lowest BCUT2D eigenvalue weighted by Gasteiger charge is -2.52. The van der Waals surface area contributed by atoms with Gasteiger partial charge in [0.2, 0.25) is 0 Å². The summed E-state index contributed by atoms with van der Waals surface area (Å²) in [7, 11) is 1.88. The van der Waals surface area contributed by atoms with Crippen LogP contribution in [0.2, 0.25) is 0 Å². The third-order valence-corrected chi connectivity index (χ3v) is 4.65. The molecule has 0 aromatic heterocycles. The molecule has 108 valence electrons. The van der Waals surface area contributed by atoms with E-state index in [4.69, 9.17) is 0 Å². The Labute approximate surface area is 115 Å². The lowest BCUT2D eigenvalue weighted by molar-refractivity contribution is -0.468. The van der Waals surface area contributed by atoms with Gasteiger partial charge in [-0.2, -0.15) is 0 Å². The minimum atomic E-state index is -0.951. The standard InChI is InChI=1S/C15H25N2O2/c1-4-9-16-10(2)13-14(18)11-7-5-6-8-12(11)17(3)15(13)19/h11-13,15H,4-9H2,1-3H3/q-1. The summed E-state index contributed by atoms with van der Waals surface area (Å²) in [6, 6.07) is 0.166. The first-order valence-electron chi connectivity index (χ1n) is 7.50. The molecule has 2 fully saturated rings. The van der Waals surface area contributed by atoms with Gasteiger partial charge in [0.15, 0.2) is 0 Å². The summed E-state index contributed by atoms with van der Waals surface area (Å²) in [4.78, 5) is 18.9. The largest absolute Gasteiger partial charge is 0.840 e. The van der Waals surface area contributed by atoms with Crippen molar-refractivity contribution >= 4 is 11.5 Å². The molecule has 1 saturated carbocycles. The van der Waals surface area contributed by atoms with E-state index in [1.165, 1.54) is 0 Å². The predicted molar refractivity (Wildman–Crippen MR) is 74.1 cm³/mol. The van der Waals surface area contributed by atoms with E-state index < -0.39 is 12.1 Å². The number of fused-ring (bicyclic) bond motifs is 1. The fourth-order valence-corrected chi connectivity index (χ4v) is 3.52. The van der Waals surface area contributed by atoms with Crippen molar-refractivity contribution in [3.8, 4) is 0 Å². The summed E-state index contributed by atoms with van der Waals surface area (Å²) < 4.78 is 0. The molecule has 4 heteroatoms. The Kier molecular flexibility index (Phi) is 4.74. The molecule has 4 atom stereocenters. The zero-order chi connectivity index (χ0) is 14.0. The molecule has 2 aliphatic rings. The molecule has 19 heavy (non-hydrogen) atoms. The van der Waals surface area contributed by atoms with Gasteiger partial charge in [-0.1, -0.05) is 26.0 Å². The van der Waals surface area contributed by atoms with Crippen LogP contribution < -0.4 is 5.11 Å². The van der Waals surface area contributed by atoms with Crippen LogP contribution in [0, 0.1) is 11.8 Å². The molecule has 1 heterocycles. The number of hydrogen-bond donors (Lipinski definition) is 0. The highest BCUT2D eigenvalue weighted by Crippen LogP contribution is 2.36. The summed E-state index contributed by atoms with van der Waals surface area (Å²) in [6.07, 6.45) is 4.18. The third-order valence-electron chi connectivity index (χ3n) is 4.65. The van der Waals surface area contributed by atoms with Gasteiger partial charge in [0, 0.05) is 24.2 Å². The maximum Gasteiger partial charge on any atom is 0.146 e. The molecule has 0 spiro atoms. The SMILES string of the molecule is CCCN=C(C)C1C(=O)C2CCCCC2N(C)C1[O-]. The van der Waals surface area contributed by atoms with Crippen LogP contribution >= 0.6 is 0 Å². The Morgan fingerprint density at radius 3 is 2.79 bits per heavy atom. The highest BCUT2D eigenvalue weighted by atomic mass is 16.3. The average Bonchev–Trinajstić information content (AvgIpc) is 2.43. The number of ketones is 1. The smallest absolute Gasteiger partial charge is 0.146 e. The zero-order valence-corrected chi connectivity index (χ0v) is 12.3. The first-order chi connectivity index (χ1) is 9.07. The Balaban J connectivity index is 2.21. The van der Waals surface area contributed by atoms with E-state index in [1.807, 2.05) is 18.9 Å². The summed E-state index contributed by atoms with van der Waals surface area (Å²) in [5.74, 6) is -0.322. The molecule has 4 nitrogen and oxygen atoms in total. The third kappa shape index (κ3) is 2.75. The molecule has 1 saturated heterocycles. The molecule has 0 amide bonds. The lowest BCUT2D eigenvalue weighted by atomic mass is 9.72. The first-order valence-corrected chi connectivity index (χ1v) is 7.50. The highest BCUT2D eigenvalue weighted by molar-refractivity contribution is 6.06. The molecule has 2 rings (SSSR count). The number of nitrogens with zero attached hydrogens (tertiary/aromatic N) is 2. The Morgan fingerprint density at radius 2 is 2.11 bits per heavy atom. The maximum atomic E-state index is 12.6. The molecule has 0 aromatic rings. The summed E-state index contributed by atoms with van der Waals surface area (Å²) in [5, 5.41) is 12.5. The number of carbonyl (C=O) groups is 1. The van der Waals surface area contributed by atoms with Gasteiger partial charge in [-0.15, -0.1) is 0 Å². The van der Waals surface area contributed by atoms with Crippen molar-refractivity contribution in [3.63, 3.8) is 0 Å².